The summed E-state index contributed by atoms with van der Waals surface area (Å²) in [6, 6.07) is 34.7. The van der Waals surface area contributed by atoms with Gasteiger partial charge in [-0.25, -0.2) is 9.97 Å². The molecule has 0 aliphatic carbocycles. The highest BCUT2D eigenvalue weighted by molar-refractivity contribution is 5.87. The molecule has 6 rings (SSSR count). The molecule has 0 saturated carbocycles. The van der Waals surface area contributed by atoms with Gasteiger partial charge >= 0.3 is 0 Å². The minimum Gasteiger partial charge on any atom is -0.507 e. The summed E-state index contributed by atoms with van der Waals surface area (Å²) in [5.74, 6) is 1.35. The molecule has 36 heavy (non-hydrogen) atoms. The van der Waals surface area contributed by atoms with Crippen molar-refractivity contribution >= 4 is 10.8 Å². The van der Waals surface area contributed by atoms with Crippen LogP contribution in [0.3, 0.4) is 0 Å². The van der Waals surface area contributed by atoms with Gasteiger partial charge in [-0.1, -0.05) is 72.8 Å². The monoisotopic (exact) mass is 467 g/mol. The predicted octanol–water partition coefficient (Wildman–Crippen LogP) is 7.52. The average molecular weight is 468 g/mol. The van der Waals surface area contributed by atoms with E-state index in [-0.39, 0.29) is 5.75 Å². The number of fused-ring (bicyclic) bond motifs is 1. The van der Waals surface area contributed by atoms with Crippen molar-refractivity contribution in [3.8, 4) is 51.2 Å². The zero-order valence-electron chi connectivity index (χ0n) is 19.2. The van der Waals surface area contributed by atoms with E-state index in [0.29, 0.717) is 34.3 Å². The smallest absolute Gasteiger partial charge is 0.227 e. The third-order valence-corrected chi connectivity index (χ3v) is 5.96. The van der Waals surface area contributed by atoms with Gasteiger partial charge in [-0.3, -0.25) is 4.98 Å². The number of aromatic hydroxyl groups is 1. The maximum Gasteiger partial charge on any atom is 0.227 e. The van der Waals surface area contributed by atoms with Crippen molar-refractivity contribution in [1.29, 1.82) is 0 Å². The summed E-state index contributed by atoms with van der Waals surface area (Å²) < 4.78 is 6.18. The molecule has 0 atom stereocenters. The van der Waals surface area contributed by atoms with E-state index in [1.807, 2.05) is 97.1 Å². The number of aromatic nitrogens is 3. The highest BCUT2D eigenvalue weighted by Gasteiger charge is 2.16. The van der Waals surface area contributed by atoms with Gasteiger partial charge in [0.2, 0.25) is 5.88 Å². The van der Waals surface area contributed by atoms with Crippen molar-refractivity contribution < 1.29 is 9.84 Å². The SMILES string of the molecule is Oc1ccccc1-c1nc(-c2cccc(Oc3nccc4ccccc34)c2)cnc1-c1ccccc1. The molecular formula is C31H21N3O2. The molecule has 0 amide bonds. The second-order valence-corrected chi connectivity index (χ2v) is 8.30. The van der Waals surface area contributed by atoms with Crippen LogP contribution >= 0.6 is 0 Å². The first-order valence-corrected chi connectivity index (χ1v) is 11.6. The maximum absolute atomic E-state index is 10.6. The van der Waals surface area contributed by atoms with Crippen LogP contribution in [0.1, 0.15) is 0 Å². The quantitative estimate of drug-likeness (QED) is 0.284. The molecule has 0 aliphatic rings. The van der Waals surface area contributed by atoms with Gasteiger partial charge in [0, 0.05) is 28.3 Å². The van der Waals surface area contributed by atoms with E-state index in [4.69, 9.17) is 14.7 Å². The minimum atomic E-state index is 0.153. The fraction of sp³-hybridized carbons (Fsp3) is 0. The molecule has 0 spiro atoms. The van der Waals surface area contributed by atoms with Gasteiger partial charge in [-0.05, 0) is 41.8 Å². The molecule has 0 radical (unpaired) electrons. The third kappa shape index (κ3) is 4.14. The first-order valence-electron chi connectivity index (χ1n) is 11.6. The zero-order valence-corrected chi connectivity index (χ0v) is 19.2. The Morgan fingerprint density at radius 3 is 2.31 bits per heavy atom. The standard InChI is InChI=1S/C31H21N3O2/c35-28-16-7-6-15-26(28)30-29(22-10-2-1-3-11-22)33-20-27(34-30)23-12-8-13-24(19-23)36-31-25-14-5-4-9-21(25)17-18-32-31/h1-20,35H. The average Bonchev–Trinajstić information content (AvgIpc) is 2.94. The van der Waals surface area contributed by atoms with E-state index in [2.05, 4.69) is 4.98 Å². The lowest BCUT2D eigenvalue weighted by Gasteiger charge is -2.13. The lowest BCUT2D eigenvalue weighted by Crippen LogP contribution is -1.97. The number of rotatable bonds is 5. The van der Waals surface area contributed by atoms with Crippen molar-refractivity contribution in [3.63, 3.8) is 0 Å². The Bertz CT molecular complexity index is 1680. The number of phenols is 1. The number of pyridine rings is 1. The van der Waals surface area contributed by atoms with Crippen molar-refractivity contribution in [2.75, 3.05) is 0 Å². The van der Waals surface area contributed by atoms with Crippen LogP contribution < -0.4 is 4.74 Å². The molecule has 2 aromatic heterocycles. The summed E-state index contributed by atoms with van der Waals surface area (Å²) in [7, 11) is 0. The van der Waals surface area contributed by atoms with Gasteiger partial charge in [0.25, 0.3) is 0 Å². The van der Waals surface area contributed by atoms with Gasteiger partial charge in [0.1, 0.15) is 17.2 Å². The van der Waals surface area contributed by atoms with E-state index in [0.717, 1.165) is 21.9 Å². The third-order valence-electron chi connectivity index (χ3n) is 5.96. The van der Waals surface area contributed by atoms with Crippen LogP contribution in [-0.4, -0.2) is 20.1 Å². The number of phenolic OH excluding ortho intramolecular Hbond substituents is 1. The normalized spacial score (nSPS) is 10.9. The Morgan fingerprint density at radius 1 is 0.639 bits per heavy atom. The Hall–Kier alpha value is -5.03. The number of nitrogens with zero attached hydrogens (tertiary/aromatic N) is 3. The summed E-state index contributed by atoms with van der Waals surface area (Å²) in [6.07, 6.45) is 3.50. The first kappa shape index (κ1) is 21.5. The topological polar surface area (TPSA) is 68.1 Å². The number of hydrogen-bond donors (Lipinski definition) is 1. The van der Waals surface area contributed by atoms with Crippen LogP contribution in [0, 0.1) is 0 Å². The van der Waals surface area contributed by atoms with Crippen molar-refractivity contribution in [2.45, 2.75) is 0 Å². The van der Waals surface area contributed by atoms with Crippen LogP contribution in [0.15, 0.2) is 122 Å². The molecule has 0 unspecified atom stereocenters. The van der Waals surface area contributed by atoms with E-state index >= 15 is 0 Å². The fourth-order valence-corrected chi connectivity index (χ4v) is 4.20. The summed E-state index contributed by atoms with van der Waals surface area (Å²) in [6.45, 7) is 0. The number of ether oxygens (including phenoxy) is 1. The molecular weight excluding hydrogens is 446 g/mol. The van der Waals surface area contributed by atoms with Crippen molar-refractivity contribution in [3.05, 3.63) is 122 Å². The molecule has 172 valence electrons. The van der Waals surface area contributed by atoms with E-state index in [1.54, 1.807) is 24.5 Å². The largest absolute Gasteiger partial charge is 0.507 e. The molecule has 5 nitrogen and oxygen atoms in total. The Balaban J connectivity index is 1.43. The summed E-state index contributed by atoms with van der Waals surface area (Å²) in [5.41, 5.74) is 4.37. The number of para-hydroxylation sites is 1. The molecule has 0 bridgehead atoms. The number of hydrogen-bond acceptors (Lipinski definition) is 5. The highest BCUT2D eigenvalue weighted by atomic mass is 16.5. The Labute approximate surface area is 208 Å². The lowest BCUT2D eigenvalue weighted by atomic mass is 10.0. The van der Waals surface area contributed by atoms with Gasteiger partial charge in [-0.2, -0.15) is 0 Å². The molecule has 0 saturated heterocycles. The molecule has 4 aromatic carbocycles. The molecule has 0 aliphatic heterocycles. The Morgan fingerprint density at radius 2 is 1.42 bits per heavy atom. The molecule has 1 N–H and O–H groups in total. The highest BCUT2D eigenvalue weighted by Crippen LogP contribution is 2.36. The number of benzene rings is 4. The second kappa shape index (κ2) is 9.31. The molecule has 5 heteroatoms. The maximum atomic E-state index is 10.6. The van der Waals surface area contributed by atoms with Crippen LogP contribution in [0.5, 0.6) is 17.4 Å². The molecule has 2 heterocycles. The zero-order chi connectivity index (χ0) is 24.3. The first-order chi connectivity index (χ1) is 17.8. The minimum absolute atomic E-state index is 0.153. The van der Waals surface area contributed by atoms with Gasteiger partial charge < -0.3 is 9.84 Å². The van der Waals surface area contributed by atoms with Crippen LogP contribution in [0.25, 0.3) is 44.5 Å². The van der Waals surface area contributed by atoms with E-state index in [9.17, 15) is 5.11 Å². The van der Waals surface area contributed by atoms with Crippen LogP contribution in [-0.2, 0) is 0 Å². The van der Waals surface area contributed by atoms with Crippen LogP contribution in [0.2, 0.25) is 0 Å². The van der Waals surface area contributed by atoms with Gasteiger partial charge in [0.15, 0.2) is 0 Å². The van der Waals surface area contributed by atoms with Crippen LogP contribution in [0.4, 0.5) is 0 Å². The van der Waals surface area contributed by atoms with Crippen molar-refractivity contribution in [1.82, 2.24) is 15.0 Å². The Kier molecular flexibility index (Phi) is 5.56. The van der Waals surface area contributed by atoms with Gasteiger partial charge in [0.05, 0.1) is 17.6 Å². The van der Waals surface area contributed by atoms with Crippen molar-refractivity contribution in [2.24, 2.45) is 0 Å². The second-order valence-electron chi connectivity index (χ2n) is 8.30. The predicted molar refractivity (Wildman–Crippen MR) is 142 cm³/mol. The van der Waals surface area contributed by atoms with Gasteiger partial charge in [-0.15, -0.1) is 0 Å². The summed E-state index contributed by atoms with van der Waals surface area (Å²) >= 11 is 0. The molecule has 6 aromatic rings. The molecule has 0 fully saturated rings. The summed E-state index contributed by atoms with van der Waals surface area (Å²) in [4.78, 5) is 14.2. The van der Waals surface area contributed by atoms with E-state index in [1.165, 1.54) is 0 Å². The lowest BCUT2D eigenvalue weighted by molar-refractivity contribution is 0.469. The fourth-order valence-electron chi connectivity index (χ4n) is 4.20. The summed E-state index contributed by atoms with van der Waals surface area (Å²) in [5, 5.41) is 12.6. The van der Waals surface area contributed by atoms with E-state index < -0.39 is 0 Å².